The molecule has 4 nitrogen and oxygen atoms in total. The minimum atomic E-state index is -3.46. The van der Waals surface area contributed by atoms with Crippen LogP contribution in [0.1, 0.15) is 24.8 Å². The van der Waals surface area contributed by atoms with E-state index in [4.69, 9.17) is 16.7 Å². The lowest BCUT2D eigenvalue weighted by atomic mass is 10.2. The Kier molecular flexibility index (Phi) is 6.26. The predicted molar refractivity (Wildman–Crippen MR) is 76.9 cm³/mol. The fraction of sp³-hybridized carbons (Fsp3) is 0.538. The quantitative estimate of drug-likeness (QED) is 0.787. The molecule has 0 heterocycles. The van der Waals surface area contributed by atoms with Crippen LogP contribution in [0.3, 0.4) is 0 Å². The number of aliphatic hydroxyl groups is 1. The molecule has 0 aliphatic carbocycles. The van der Waals surface area contributed by atoms with Crippen molar-refractivity contribution < 1.29 is 13.5 Å². The molecule has 0 radical (unpaired) electrons. The highest BCUT2D eigenvalue weighted by Crippen LogP contribution is 2.22. The van der Waals surface area contributed by atoms with Gasteiger partial charge in [0.15, 0.2) is 0 Å². The van der Waals surface area contributed by atoms with E-state index in [1.807, 2.05) is 0 Å². The molecular weight excluding hydrogens is 286 g/mol. The minimum Gasteiger partial charge on any atom is -0.396 e. The second-order valence-electron chi connectivity index (χ2n) is 4.52. The molecule has 0 atom stereocenters. The number of sulfonamides is 1. The van der Waals surface area contributed by atoms with Gasteiger partial charge >= 0.3 is 0 Å². The van der Waals surface area contributed by atoms with E-state index >= 15 is 0 Å². The number of nitrogens with zero attached hydrogens (tertiary/aromatic N) is 1. The molecule has 1 N–H and O–H groups in total. The van der Waals surface area contributed by atoms with Crippen molar-refractivity contribution in [2.75, 3.05) is 20.2 Å². The van der Waals surface area contributed by atoms with Crippen molar-refractivity contribution in [2.45, 2.75) is 31.1 Å². The van der Waals surface area contributed by atoms with E-state index < -0.39 is 10.0 Å². The topological polar surface area (TPSA) is 57.6 Å². The van der Waals surface area contributed by atoms with E-state index in [-0.39, 0.29) is 6.61 Å². The molecule has 1 aromatic rings. The fourth-order valence-corrected chi connectivity index (χ4v) is 3.45. The first-order valence-electron chi connectivity index (χ1n) is 6.23. The monoisotopic (exact) mass is 305 g/mol. The highest BCUT2D eigenvalue weighted by atomic mass is 35.5. The predicted octanol–water partition coefficient (Wildman–Crippen LogP) is 2.43. The number of hydrogen-bond acceptors (Lipinski definition) is 3. The van der Waals surface area contributed by atoms with Gasteiger partial charge in [-0.25, -0.2) is 12.7 Å². The number of halogens is 1. The number of benzene rings is 1. The zero-order valence-corrected chi connectivity index (χ0v) is 12.8. The van der Waals surface area contributed by atoms with Crippen molar-refractivity contribution in [1.82, 2.24) is 4.31 Å². The fourth-order valence-electron chi connectivity index (χ4n) is 1.81. The molecule has 0 aliphatic heterocycles. The third kappa shape index (κ3) is 4.45. The van der Waals surface area contributed by atoms with E-state index in [1.54, 1.807) is 26.1 Å². The second kappa shape index (κ2) is 7.24. The molecule has 0 aromatic heterocycles. The number of rotatable bonds is 7. The summed E-state index contributed by atoms with van der Waals surface area (Å²) in [6, 6.07) is 4.77. The van der Waals surface area contributed by atoms with Crippen molar-refractivity contribution in [3.8, 4) is 0 Å². The van der Waals surface area contributed by atoms with Crippen LogP contribution in [-0.2, 0) is 10.0 Å². The van der Waals surface area contributed by atoms with Gasteiger partial charge in [0, 0.05) is 25.2 Å². The summed E-state index contributed by atoms with van der Waals surface area (Å²) in [5.74, 6) is 0. The Morgan fingerprint density at radius 3 is 2.53 bits per heavy atom. The number of aliphatic hydroxyl groups excluding tert-OH is 1. The molecule has 0 saturated heterocycles. The zero-order valence-electron chi connectivity index (χ0n) is 11.3. The maximum Gasteiger partial charge on any atom is 0.243 e. The van der Waals surface area contributed by atoms with Gasteiger partial charge in [0.05, 0.1) is 4.90 Å². The first-order chi connectivity index (χ1) is 8.89. The van der Waals surface area contributed by atoms with Gasteiger partial charge in [0.1, 0.15) is 0 Å². The number of aryl methyl sites for hydroxylation is 1. The summed E-state index contributed by atoms with van der Waals surface area (Å²) >= 11 is 5.83. The highest BCUT2D eigenvalue weighted by Gasteiger charge is 2.22. The summed E-state index contributed by atoms with van der Waals surface area (Å²) in [5, 5.41) is 9.22. The standard InChI is InChI=1S/C13H20ClNO3S/c1-11-10-12(14)6-7-13(11)19(17,18)15(2)8-4-3-5-9-16/h6-7,10,16H,3-5,8-9H2,1-2H3. The third-order valence-electron chi connectivity index (χ3n) is 2.96. The molecule has 0 saturated carbocycles. The average molecular weight is 306 g/mol. The van der Waals surface area contributed by atoms with Crippen LogP contribution in [0.15, 0.2) is 23.1 Å². The Labute approximate surface area is 120 Å². The van der Waals surface area contributed by atoms with E-state index in [1.165, 1.54) is 10.4 Å². The molecule has 1 rings (SSSR count). The summed E-state index contributed by atoms with van der Waals surface area (Å²) in [6.07, 6.45) is 2.26. The summed E-state index contributed by atoms with van der Waals surface area (Å²) in [5.41, 5.74) is 0.648. The molecule has 0 amide bonds. The molecule has 0 bridgehead atoms. The normalized spacial score (nSPS) is 12.1. The van der Waals surface area contributed by atoms with Crippen molar-refractivity contribution in [2.24, 2.45) is 0 Å². The van der Waals surface area contributed by atoms with E-state index in [0.717, 1.165) is 12.8 Å². The van der Waals surface area contributed by atoms with Crippen LogP contribution in [0, 0.1) is 6.92 Å². The molecule has 19 heavy (non-hydrogen) atoms. The van der Waals surface area contributed by atoms with Gasteiger partial charge in [-0.3, -0.25) is 0 Å². The minimum absolute atomic E-state index is 0.146. The highest BCUT2D eigenvalue weighted by molar-refractivity contribution is 7.89. The third-order valence-corrected chi connectivity index (χ3v) is 5.21. The van der Waals surface area contributed by atoms with Crippen LogP contribution >= 0.6 is 11.6 Å². The van der Waals surface area contributed by atoms with Gasteiger partial charge in [-0.15, -0.1) is 0 Å². The molecule has 108 valence electrons. The van der Waals surface area contributed by atoms with Crippen molar-refractivity contribution >= 4 is 21.6 Å². The van der Waals surface area contributed by atoms with E-state index in [0.29, 0.717) is 28.4 Å². The Morgan fingerprint density at radius 2 is 1.95 bits per heavy atom. The SMILES string of the molecule is Cc1cc(Cl)ccc1S(=O)(=O)N(C)CCCCCO. The van der Waals surface area contributed by atoms with Gasteiger partial charge in [0.2, 0.25) is 10.0 Å². The number of hydrogen-bond donors (Lipinski definition) is 1. The summed E-state index contributed by atoms with van der Waals surface area (Å²) in [4.78, 5) is 0.293. The van der Waals surface area contributed by atoms with E-state index in [2.05, 4.69) is 0 Å². The maximum atomic E-state index is 12.4. The lowest BCUT2D eigenvalue weighted by Gasteiger charge is -2.18. The van der Waals surface area contributed by atoms with Crippen molar-refractivity contribution in [3.63, 3.8) is 0 Å². The van der Waals surface area contributed by atoms with Crippen molar-refractivity contribution in [3.05, 3.63) is 28.8 Å². The van der Waals surface area contributed by atoms with Crippen LogP contribution in [0.5, 0.6) is 0 Å². The van der Waals surface area contributed by atoms with Crippen LogP contribution in [-0.4, -0.2) is 38.0 Å². The molecule has 6 heteroatoms. The van der Waals surface area contributed by atoms with Gasteiger partial charge in [-0.1, -0.05) is 11.6 Å². The first-order valence-corrected chi connectivity index (χ1v) is 8.04. The molecule has 0 fully saturated rings. The molecular formula is C13H20ClNO3S. The summed E-state index contributed by atoms with van der Waals surface area (Å²) in [6.45, 7) is 2.33. The smallest absolute Gasteiger partial charge is 0.243 e. The first kappa shape index (κ1) is 16.4. The lowest BCUT2D eigenvalue weighted by Crippen LogP contribution is -2.28. The summed E-state index contributed by atoms with van der Waals surface area (Å²) < 4.78 is 26.1. The molecule has 1 aromatic carbocycles. The van der Waals surface area contributed by atoms with Crippen LogP contribution in [0.2, 0.25) is 5.02 Å². The maximum absolute atomic E-state index is 12.4. The molecule has 0 spiro atoms. The second-order valence-corrected chi connectivity index (χ2v) is 6.97. The van der Waals surface area contributed by atoms with Gasteiger partial charge in [0.25, 0.3) is 0 Å². The van der Waals surface area contributed by atoms with Crippen LogP contribution in [0.25, 0.3) is 0 Å². The Balaban J connectivity index is 2.79. The van der Waals surface area contributed by atoms with Crippen LogP contribution in [0.4, 0.5) is 0 Å². The van der Waals surface area contributed by atoms with Crippen LogP contribution < -0.4 is 0 Å². The van der Waals surface area contributed by atoms with E-state index in [9.17, 15) is 8.42 Å². The molecule has 0 aliphatic rings. The number of unbranched alkanes of at least 4 members (excludes halogenated alkanes) is 2. The van der Waals surface area contributed by atoms with Gasteiger partial charge < -0.3 is 5.11 Å². The Morgan fingerprint density at radius 1 is 1.26 bits per heavy atom. The largest absolute Gasteiger partial charge is 0.396 e. The zero-order chi connectivity index (χ0) is 14.5. The average Bonchev–Trinajstić information content (AvgIpc) is 2.33. The summed E-state index contributed by atoms with van der Waals surface area (Å²) in [7, 11) is -1.89. The van der Waals surface area contributed by atoms with Gasteiger partial charge in [-0.05, 0) is 49.9 Å². The Hall–Kier alpha value is -0.620. The van der Waals surface area contributed by atoms with Crippen molar-refractivity contribution in [1.29, 1.82) is 0 Å². The lowest BCUT2D eigenvalue weighted by molar-refractivity contribution is 0.281. The molecule has 0 unspecified atom stereocenters. The Bertz CT molecular complexity index is 517. The van der Waals surface area contributed by atoms with Gasteiger partial charge in [-0.2, -0.15) is 0 Å².